The van der Waals surface area contributed by atoms with E-state index >= 15 is 0 Å². The molecule has 1 radical (unpaired) electrons. The van der Waals surface area contributed by atoms with Crippen LogP contribution in [0.5, 0.6) is 0 Å². The van der Waals surface area contributed by atoms with Crippen LogP contribution in [-0.4, -0.2) is 88.5 Å². The van der Waals surface area contributed by atoms with Crippen LogP contribution in [0.1, 0.15) is 26.7 Å². The third-order valence-corrected chi connectivity index (χ3v) is 8.39. The molecule has 1 unspecified atom stereocenters. The van der Waals surface area contributed by atoms with Gasteiger partial charge in [-0.05, 0) is 0 Å². The Balaban J connectivity index is 1.45. The molecule has 1 aromatic rings. The van der Waals surface area contributed by atoms with Gasteiger partial charge < -0.3 is 0 Å². The molecule has 197 valence electrons. The van der Waals surface area contributed by atoms with Crippen molar-refractivity contribution in [3.05, 3.63) is 24.3 Å². The number of benzene rings is 1. The van der Waals surface area contributed by atoms with Crippen LogP contribution in [0, 0.1) is 11.8 Å². The molecule has 1 amide bonds. The van der Waals surface area contributed by atoms with Gasteiger partial charge >= 0.3 is 207 Å². The Morgan fingerprint density at radius 3 is 2.69 bits per heavy atom. The molecule has 10 nitrogen and oxygen atoms in total. The van der Waals surface area contributed by atoms with E-state index in [-0.39, 0.29) is 41.3 Å². The van der Waals surface area contributed by atoms with Gasteiger partial charge in [-0.15, -0.1) is 0 Å². The monoisotopic (exact) mass is 566 g/mol. The summed E-state index contributed by atoms with van der Waals surface area (Å²) in [7, 11) is 0. The van der Waals surface area contributed by atoms with Gasteiger partial charge in [0.15, 0.2) is 0 Å². The minimum absolute atomic E-state index is 0.0978. The second-order valence-electron chi connectivity index (χ2n) is 9.31. The van der Waals surface area contributed by atoms with Crippen LogP contribution in [0.15, 0.2) is 29.3 Å². The van der Waals surface area contributed by atoms with Gasteiger partial charge in [-0.1, -0.05) is 0 Å². The van der Waals surface area contributed by atoms with Gasteiger partial charge in [0.1, 0.15) is 6.17 Å². The predicted octanol–water partition coefficient (Wildman–Crippen LogP) is 2.10. The van der Waals surface area contributed by atoms with E-state index in [9.17, 15) is 23.9 Å². The molecule has 1 fully saturated rings. The first-order valence-corrected chi connectivity index (χ1v) is 14.4. The van der Waals surface area contributed by atoms with Crippen molar-refractivity contribution < 1.29 is 28.6 Å². The summed E-state index contributed by atoms with van der Waals surface area (Å²) >= 11 is -0.879. The first-order valence-electron chi connectivity index (χ1n) is 12.1. The molecule has 3 rings (SSSR count). The van der Waals surface area contributed by atoms with Crippen molar-refractivity contribution in [1.82, 2.24) is 10.6 Å². The summed E-state index contributed by atoms with van der Waals surface area (Å²) in [6, 6.07) is 6.74. The second kappa shape index (κ2) is 13.5. The number of rotatable bonds is 10. The van der Waals surface area contributed by atoms with Crippen molar-refractivity contribution in [1.29, 1.82) is 0 Å². The molecule has 1 aromatic carbocycles. The standard InChI is InChI=1S/C24H34AsFN5O5/c1-15(2)14-36-24(35)30-20(22(33)34)11-25-21(32)16-6-8-31(9-7-16)19-5-3-4-18(10-19)29-23-27-12-17(26)13-28-23/h3-5,10,15-17,20H,6-9,11-14H2,1-2H3,(H,30,35)(H,33,34)(H2,27,28,29)/t20-/m1/s1. The summed E-state index contributed by atoms with van der Waals surface area (Å²) < 4.78 is 18.3. The van der Waals surface area contributed by atoms with Gasteiger partial charge in [-0.3, -0.25) is 0 Å². The van der Waals surface area contributed by atoms with Gasteiger partial charge in [0.2, 0.25) is 0 Å². The molecule has 2 atom stereocenters. The van der Waals surface area contributed by atoms with Gasteiger partial charge in [0.05, 0.1) is 0 Å². The summed E-state index contributed by atoms with van der Waals surface area (Å²) in [6.45, 7) is 5.78. The van der Waals surface area contributed by atoms with E-state index in [4.69, 9.17) is 4.74 Å². The second-order valence-corrected chi connectivity index (χ2v) is 11.7. The number of aliphatic carboxylic acids is 1. The number of carboxylic acid groups (broad SMARTS) is 1. The molecule has 0 saturated carbocycles. The zero-order valence-electron chi connectivity index (χ0n) is 20.6. The fourth-order valence-corrected chi connectivity index (χ4v) is 6.19. The number of carbonyl (C=O) groups is 3. The minimum atomic E-state index is -1.16. The number of alkyl carbamates (subject to hydrolysis) is 1. The van der Waals surface area contributed by atoms with Crippen molar-refractivity contribution in [2.45, 2.75) is 44.1 Å². The normalized spacial score (nSPS) is 19.5. The number of amides is 1. The number of aliphatic imine (C=N–C) groups is 1. The Morgan fingerprint density at radius 1 is 1.31 bits per heavy atom. The average molecular weight is 566 g/mol. The first-order chi connectivity index (χ1) is 17.2. The number of nitrogens with one attached hydrogen (secondary N) is 3. The van der Waals surface area contributed by atoms with E-state index in [1.54, 1.807) is 0 Å². The topological polar surface area (TPSA) is 132 Å². The number of guanidine groups is 1. The van der Waals surface area contributed by atoms with Gasteiger partial charge in [0, 0.05) is 0 Å². The molecule has 0 bridgehead atoms. The first kappa shape index (κ1) is 27.8. The Bertz CT molecular complexity index is 955. The van der Waals surface area contributed by atoms with Crippen LogP contribution >= 0.6 is 0 Å². The third kappa shape index (κ3) is 8.69. The fraction of sp³-hybridized carbons (Fsp3) is 0.583. The zero-order chi connectivity index (χ0) is 26.1. The van der Waals surface area contributed by atoms with E-state index in [1.165, 1.54) is 0 Å². The molecule has 2 aliphatic rings. The van der Waals surface area contributed by atoms with Crippen LogP contribution in [0.3, 0.4) is 0 Å². The molecular formula is C24H34AsFN5O5. The Kier molecular flexibility index (Phi) is 10.4. The fourth-order valence-electron chi connectivity index (χ4n) is 3.83. The number of anilines is 2. The number of halogens is 1. The number of hydrogen-bond donors (Lipinski definition) is 4. The Morgan fingerprint density at radius 2 is 2.06 bits per heavy atom. The van der Waals surface area contributed by atoms with E-state index < -0.39 is 40.0 Å². The van der Waals surface area contributed by atoms with Crippen LogP contribution in [-0.2, 0) is 14.3 Å². The summed E-state index contributed by atoms with van der Waals surface area (Å²) in [5, 5.41) is 18.0. The number of ether oxygens (including phenoxy) is 1. The number of carbonyl (C=O) groups excluding carboxylic acids is 2. The van der Waals surface area contributed by atoms with Crippen molar-refractivity contribution >= 4 is 49.7 Å². The number of piperidine rings is 1. The number of nitrogens with zero attached hydrogens (tertiary/aromatic N) is 2. The van der Waals surface area contributed by atoms with Crippen LogP contribution in [0.25, 0.3) is 0 Å². The third-order valence-electron chi connectivity index (χ3n) is 5.82. The predicted molar refractivity (Wildman–Crippen MR) is 137 cm³/mol. The Hall–Kier alpha value is -2.81. The van der Waals surface area contributed by atoms with E-state index in [0.717, 1.165) is 11.4 Å². The van der Waals surface area contributed by atoms with E-state index in [1.807, 2.05) is 38.1 Å². The van der Waals surface area contributed by atoms with Crippen molar-refractivity contribution in [3.8, 4) is 0 Å². The Labute approximate surface area is 217 Å². The van der Waals surface area contributed by atoms with Crippen LogP contribution in [0.2, 0.25) is 5.21 Å². The molecular weight excluding hydrogens is 532 g/mol. The zero-order valence-corrected chi connectivity index (χ0v) is 22.5. The quantitative estimate of drug-likeness (QED) is 0.317. The maximum atomic E-state index is 13.2. The maximum absolute atomic E-state index is 13.2. The summed E-state index contributed by atoms with van der Waals surface area (Å²) in [4.78, 5) is 42.5. The van der Waals surface area contributed by atoms with Gasteiger partial charge in [-0.2, -0.15) is 0 Å². The van der Waals surface area contributed by atoms with Crippen LogP contribution in [0.4, 0.5) is 20.6 Å². The molecule has 0 aliphatic carbocycles. The molecule has 12 heteroatoms. The van der Waals surface area contributed by atoms with Gasteiger partial charge in [-0.25, -0.2) is 4.39 Å². The summed E-state index contributed by atoms with van der Waals surface area (Å²) in [6.07, 6.45) is -0.349. The summed E-state index contributed by atoms with van der Waals surface area (Å²) in [5.74, 6) is -0.567. The van der Waals surface area contributed by atoms with E-state index in [0.29, 0.717) is 31.9 Å². The van der Waals surface area contributed by atoms with E-state index in [2.05, 4.69) is 25.8 Å². The number of carboxylic acids is 1. The molecule has 36 heavy (non-hydrogen) atoms. The molecule has 2 heterocycles. The van der Waals surface area contributed by atoms with Crippen molar-refractivity contribution in [2.75, 3.05) is 43.0 Å². The summed E-state index contributed by atoms with van der Waals surface area (Å²) in [5.41, 5.74) is 1.87. The van der Waals surface area contributed by atoms with Crippen LogP contribution < -0.4 is 20.9 Å². The average Bonchev–Trinajstić information content (AvgIpc) is 2.86. The van der Waals surface area contributed by atoms with Crippen molar-refractivity contribution in [3.63, 3.8) is 0 Å². The molecule has 1 saturated heterocycles. The molecule has 4 N–H and O–H groups in total. The molecule has 0 aromatic heterocycles. The number of hydrogen-bond acceptors (Lipinski definition) is 8. The van der Waals surface area contributed by atoms with Gasteiger partial charge in [0.25, 0.3) is 0 Å². The molecule has 2 aliphatic heterocycles. The van der Waals surface area contributed by atoms with Crippen molar-refractivity contribution in [2.24, 2.45) is 16.8 Å². The number of alkyl halides is 1. The SMILES string of the molecule is CC(C)COC(=O)N[C@H](C[As]C(=O)C1CCN(c2cccc(NC3=NCC(F)CN3)c2)CC1)C(=O)O. The molecule has 0 spiro atoms.